The summed E-state index contributed by atoms with van der Waals surface area (Å²) in [4.78, 5) is 18.2. The maximum atomic E-state index is 5.76. The van der Waals surface area contributed by atoms with Crippen LogP contribution in [-0.4, -0.2) is 51.6 Å². The Balaban J connectivity index is 1.52. The Labute approximate surface area is 136 Å². The molecule has 2 fully saturated rings. The van der Waals surface area contributed by atoms with Crippen LogP contribution < -0.4 is 10.6 Å². The fourth-order valence-corrected chi connectivity index (χ4v) is 4.10. The number of pyridine rings is 1. The van der Waals surface area contributed by atoms with Crippen molar-refractivity contribution < 1.29 is 0 Å². The van der Waals surface area contributed by atoms with E-state index in [4.69, 9.17) is 5.73 Å². The number of piperidine rings is 1. The van der Waals surface area contributed by atoms with E-state index in [2.05, 4.69) is 31.7 Å². The molecule has 2 aliphatic rings. The summed E-state index contributed by atoms with van der Waals surface area (Å²) in [6.45, 7) is 5.73. The van der Waals surface area contributed by atoms with Crippen LogP contribution in [0.2, 0.25) is 0 Å². The third kappa shape index (κ3) is 2.72. The van der Waals surface area contributed by atoms with Crippen LogP contribution in [-0.2, 0) is 0 Å². The maximum absolute atomic E-state index is 5.76. The zero-order valence-electron chi connectivity index (χ0n) is 13.6. The zero-order chi connectivity index (χ0) is 15.8. The number of rotatable bonds is 2. The standard InChI is InChI=1S/C17H24N6/c1-12-3-2-8-23(12)13-6-9-22(10-7-13)17-14-4-5-15(18)21-16(14)19-11-20-17/h4-5,11-13H,2-3,6-10H2,1H3,(H2,18,19,20,21)/t12-/m0/s1. The highest BCUT2D eigenvalue weighted by molar-refractivity contribution is 5.87. The number of anilines is 2. The molecule has 1 atom stereocenters. The highest BCUT2D eigenvalue weighted by Gasteiger charge is 2.31. The highest BCUT2D eigenvalue weighted by atomic mass is 15.3. The number of aromatic nitrogens is 3. The Bertz CT molecular complexity index is 695. The number of nitrogen functional groups attached to an aromatic ring is 1. The van der Waals surface area contributed by atoms with Gasteiger partial charge in [-0.25, -0.2) is 15.0 Å². The molecule has 2 aromatic heterocycles. The average molecular weight is 312 g/mol. The Kier molecular flexibility index (Phi) is 3.77. The molecule has 23 heavy (non-hydrogen) atoms. The smallest absolute Gasteiger partial charge is 0.166 e. The molecule has 0 aliphatic carbocycles. The predicted molar refractivity (Wildman–Crippen MR) is 92.4 cm³/mol. The van der Waals surface area contributed by atoms with Crippen LogP contribution in [0.4, 0.5) is 11.6 Å². The molecular formula is C17H24N6. The van der Waals surface area contributed by atoms with E-state index in [9.17, 15) is 0 Å². The first-order valence-corrected chi connectivity index (χ1v) is 8.60. The summed E-state index contributed by atoms with van der Waals surface area (Å²) in [6, 6.07) is 5.29. The first-order valence-electron chi connectivity index (χ1n) is 8.60. The topological polar surface area (TPSA) is 71.2 Å². The largest absolute Gasteiger partial charge is 0.384 e. The van der Waals surface area contributed by atoms with Gasteiger partial charge in [-0.15, -0.1) is 0 Å². The Hall–Kier alpha value is -1.95. The summed E-state index contributed by atoms with van der Waals surface area (Å²) in [5, 5.41) is 0.995. The predicted octanol–water partition coefficient (Wildman–Crippen LogP) is 2.06. The lowest BCUT2D eigenvalue weighted by atomic mass is 10.0. The normalized spacial score (nSPS) is 23.7. The zero-order valence-corrected chi connectivity index (χ0v) is 13.6. The van der Waals surface area contributed by atoms with Gasteiger partial charge in [0.1, 0.15) is 18.0 Å². The molecular weight excluding hydrogens is 288 g/mol. The van der Waals surface area contributed by atoms with Crippen LogP contribution in [0.5, 0.6) is 0 Å². The molecule has 0 amide bonds. The van der Waals surface area contributed by atoms with Gasteiger partial charge in [-0.05, 0) is 51.3 Å². The van der Waals surface area contributed by atoms with Gasteiger partial charge in [0.05, 0.1) is 5.39 Å². The third-order valence-electron chi connectivity index (χ3n) is 5.34. The first kappa shape index (κ1) is 14.6. The van der Waals surface area contributed by atoms with Crippen molar-refractivity contribution >= 4 is 22.7 Å². The summed E-state index contributed by atoms with van der Waals surface area (Å²) in [5.74, 6) is 1.50. The summed E-state index contributed by atoms with van der Waals surface area (Å²) < 4.78 is 0. The van der Waals surface area contributed by atoms with E-state index in [1.165, 1.54) is 32.2 Å². The lowest BCUT2D eigenvalue weighted by Crippen LogP contribution is -2.46. The molecule has 6 nitrogen and oxygen atoms in total. The summed E-state index contributed by atoms with van der Waals surface area (Å²) in [7, 11) is 0. The van der Waals surface area contributed by atoms with E-state index in [0.29, 0.717) is 11.5 Å². The number of hydrogen-bond donors (Lipinski definition) is 1. The molecule has 122 valence electrons. The van der Waals surface area contributed by atoms with Crippen LogP contribution in [0.3, 0.4) is 0 Å². The van der Waals surface area contributed by atoms with Crippen molar-refractivity contribution in [2.24, 2.45) is 0 Å². The molecule has 4 heterocycles. The molecule has 0 bridgehead atoms. The van der Waals surface area contributed by atoms with Crippen molar-refractivity contribution in [2.75, 3.05) is 30.3 Å². The molecule has 2 N–H and O–H groups in total. The van der Waals surface area contributed by atoms with Crippen molar-refractivity contribution in [1.29, 1.82) is 0 Å². The van der Waals surface area contributed by atoms with E-state index in [1.807, 2.05) is 12.1 Å². The van der Waals surface area contributed by atoms with Crippen molar-refractivity contribution in [3.8, 4) is 0 Å². The van der Waals surface area contributed by atoms with Crippen molar-refractivity contribution in [3.63, 3.8) is 0 Å². The monoisotopic (exact) mass is 312 g/mol. The van der Waals surface area contributed by atoms with Gasteiger partial charge in [0.15, 0.2) is 5.65 Å². The number of likely N-dealkylation sites (tertiary alicyclic amines) is 1. The van der Waals surface area contributed by atoms with Crippen LogP contribution in [0.1, 0.15) is 32.6 Å². The summed E-state index contributed by atoms with van der Waals surface area (Å²) >= 11 is 0. The van der Waals surface area contributed by atoms with Crippen LogP contribution >= 0.6 is 0 Å². The van der Waals surface area contributed by atoms with E-state index in [0.717, 1.165) is 36.4 Å². The van der Waals surface area contributed by atoms with Crippen LogP contribution in [0.25, 0.3) is 11.0 Å². The Morgan fingerprint density at radius 1 is 1.09 bits per heavy atom. The quantitative estimate of drug-likeness (QED) is 0.915. The number of hydrogen-bond acceptors (Lipinski definition) is 6. The Morgan fingerprint density at radius 3 is 2.65 bits per heavy atom. The van der Waals surface area contributed by atoms with E-state index < -0.39 is 0 Å². The van der Waals surface area contributed by atoms with Crippen molar-refractivity contribution in [2.45, 2.75) is 44.7 Å². The molecule has 6 heteroatoms. The van der Waals surface area contributed by atoms with Gasteiger partial charge in [-0.2, -0.15) is 0 Å². The number of nitrogens with two attached hydrogens (primary N) is 1. The minimum atomic E-state index is 0.504. The molecule has 4 rings (SSSR count). The fraction of sp³-hybridized carbons (Fsp3) is 0.588. The summed E-state index contributed by atoms with van der Waals surface area (Å²) in [6.07, 6.45) is 6.71. The van der Waals surface area contributed by atoms with Gasteiger partial charge in [-0.1, -0.05) is 0 Å². The fourth-order valence-electron chi connectivity index (χ4n) is 4.10. The van der Waals surface area contributed by atoms with Crippen LogP contribution in [0.15, 0.2) is 18.5 Å². The molecule has 0 spiro atoms. The maximum Gasteiger partial charge on any atom is 0.166 e. The van der Waals surface area contributed by atoms with Crippen LogP contribution in [0, 0.1) is 0 Å². The van der Waals surface area contributed by atoms with E-state index >= 15 is 0 Å². The van der Waals surface area contributed by atoms with E-state index in [1.54, 1.807) is 6.33 Å². The lowest BCUT2D eigenvalue weighted by Gasteiger charge is -2.39. The second-order valence-electron chi connectivity index (χ2n) is 6.75. The minimum Gasteiger partial charge on any atom is -0.384 e. The SMILES string of the molecule is C[C@H]1CCCN1C1CCN(c2ncnc3nc(N)ccc23)CC1. The second-order valence-corrected chi connectivity index (χ2v) is 6.75. The molecule has 0 unspecified atom stereocenters. The van der Waals surface area contributed by atoms with Gasteiger partial charge < -0.3 is 10.6 Å². The molecule has 0 saturated carbocycles. The van der Waals surface area contributed by atoms with E-state index in [-0.39, 0.29) is 0 Å². The van der Waals surface area contributed by atoms with Crippen molar-refractivity contribution in [1.82, 2.24) is 19.9 Å². The summed E-state index contributed by atoms with van der Waals surface area (Å²) in [5.41, 5.74) is 6.45. The number of fused-ring (bicyclic) bond motifs is 1. The third-order valence-corrected chi connectivity index (χ3v) is 5.34. The van der Waals surface area contributed by atoms with Gasteiger partial charge in [0, 0.05) is 25.2 Å². The average Bonchev–Trinajstić information content (AvgIpc) is 3.00. The lowest BCUT2D eigenvalue weighted by molar-refractivity contribution is 0.163. The molecule has 2 saturated heterocycles. The van der Waals surface area contributed by atoms with Gasteiger partial charge in [0.25, 0.3) is 0 Å². The highest BCUT2D eigenvalue weighted by Crippen LogP contribution is 2.29. The molecule has 2 aromatic rings. The second kappa shape index (κ2) is 5.92. The van der Waals surface area contributed by atoms with Gasteiger partial charge >= 0.3 is 0 Å². The number of nitrogens with zero attached hydrogens (tertiary/aromatic N) is 5. The first-order chi connectivity index (χ1) is 11.2. The van der Waals surface area contributed by atoms with Gasteiger partial charge in [-0.3, -0.25) is 4.90 Å². The molecule has 0 radical (unpaired) electrons. The Morgan fingerprint density at radius 2 is 1.91 bits per heavy atom. The molecule has 0 aromatic carbocycles. The van der Waals surface area contributed by atoms with Gasteiger partial charge in [0.2, 0.25) is 0 Å². The minimum absolute atomic E-state index is 0.504. The molecule has 2 aliphatic heterocycles. The van der Waals surface area contributed by atoms with Crippen molar-refractivity contribution in [3.05, 3.63) is 18.5 Å².